The lowest BCUT2D eigenvalue weighted by Crippen LogP contribution is -3.06. The topological polar surface area (TPSA) is 115 Å². The monoisotopic (exact) mass is 499 g/mol. The van der Waals surface area contributed by atoms with Gasteiger partial charge >= 0.3 is 0 Å². The fourth-order valence-corrected chi connectivity index (χ4v) is 9.28. The fourth-order valence-electron chi connectivity index (χ4n) is 9.28. The molecule has 3 aromatic rings. The first kappa shape index (κ1) is 20.3. The predicted molar refractivity (Wildman–Crippen MR) is 124 cm³/mol. The second-order valence-corrected chi connectivity index (χ2v) is 11.6. The molecule has 10 heteroatoms. The Labute approximate surface area is 209 Å². The molecular weight excluding hydrogens is 477 g/mol. The van der Waals surface area contributed by atoms with E-state index in [0.717, 1.165) is 63.3 Å². The third-order valence-electron chi connectivity index (χ3n) is 10.5. The number of halogens is 1. The van der Waals surface area contributed by atoms with Crippen LogP contribution in [0.4, 0.5) is 4.39 Å². The van der Waals surface area contributed by atoms with E-state index in [9.17, 15) is 18.8 Å². The lowest BCUT2D eigenvalue weighted by molar-refractivity contribution is -0.612. The van der Waals surface area contributed by atoms with Gasteiger partial charge in [0.05, 0.1) is 6.20 Å². The molecule has 7 aliphatic rings. The van der Waals surface area contributed by atoms with Crippen molar-refractivity contribution in [2.24, 2.45) is 46.8 Å². The Balaban J connectivity index is 0.941. The molecule has 3 heterocycles. The molecule has 6 aliphatic carbocycles. The van der Waals surface area contributed by atoms with Gasteiger partial charge < -0.3 is 15.4 Å². The number of aromatic nitrogens is 3. The Morgan fingerprint density at radius 2 is 1.86 bits per heavy atom. The van der Waals surface area contributed by atoms with Crippen LogP contribution in [0.5, 0.6) is 5.75 Å². The third-order valence-corrected chi connectivity index (χ3v) is 10.5. The predicted octanol–water partition coefficient (Wildman–Crippen LogP) is 1.40. The molecule has 2 N–H and O–H groups in total. The van der Waals surface area contributed by atoms with Crippen molar-refractivity contribution in [1.82, 2.24) is 25.2 Å². The molecule has 37 heavy (non-hydrogen) atoms. The minimum absolute atomic E-state index is 0.000394. The van der Waals surface area contributed by atoms with Gasteiger partial charge in [0.25, 0.3) is 11.8 Å². The molecule has 186 valence electrons. The zero-order valence-corrected chi connectivity index (χ0v) is 19.6. The van der Waals surface area contributed by atoms with Crippen molar-refractivity contribution >= 4 is 23.2 Å². The molecule has 0 radical (unpaired) electrons. The van der Waals surface area contributed by atoms with E-state index < -0.39 is 11.7 Å². The fraction of sp³-hybridized carbons (Fsp3) is 0.444. The van der Waals surface area contributed by atoms with Gasteiger partial charge in [-0.25, -0.2) is 13.9 Å². The summed E-state index contributed by atoms with van der Waals surface area (Å²) in [6, 6.07) is 6.77. The number of Topliss-reactive ketones (excluding diaryl/α,β-unsaturated/α-hetero) is 1. The highest BCUT2D eigenvalue weighted by Gasteiger charge is 3.03. The molecule has 6 fully saturated rings. The number of carbonyl (C=O) groups excluding carboxylic acids is 3. The Kier molecular flexibility index (Phi) is 3.48. The molecule has 0 atom stereocenters. The minimum atomic E-state index is -0.704. The molecule has 2 amide bonds. The van der Waals surface area contributed by atoms with E-state index in [1.807, 2.05) is 12.1 Å². The molecule has 2 aromatic heterocycles. The lowest BCUT2D eigenvalue weighted by atomic mass is 8.96. The van der Waals surface area contributed by atoms with E-state index in [1.54, 1.807) is 6.07 Å². The van der Waals surface area contributed by atoms with Gasteiger partial charge in [-0.2, -0.15) is 5.10 Å². The second kappa shape index (κ2) is 6.35. The number of nitrogens with zero attached hydrogens (tertiary/aromatic N) is 3. The summed E-state index contributed by atoms with van der Waals surface area (Å²) in [5.41, 5.74) is 1.72. The number of ether oxygens (including phenoxy) is 1. The molecular formula is C27H22FN5O4. The third kappa shape index (κ3) is 2.17. The van der Waals surface area contributed by atoms with Gasteiger partial charge in [0.15, 0.2) is 17.2 Å². The Morgan fingerprint density at radius 1 is 1.08 bits per heavy atom. The van der Waals surface area contributed by atoms with Gasteiger partial charge in [-0.05, 0) is 64.5 Å². The van der Waals surface area contributed by atoms with Crippen LogP contribution in [0.2, 0.25) is 0 Å². The Bertz CT molecular complexity index is 1560. The summed E-state index contributed by atoms with van der Waals surface area (Å²) in [6.45, 7) is 0.887. The molecule has 0 saturated heterocycles. The van der Waals surface area contributed by atoms with Crippen LogP contribution in [0.25, 0.3) is 5.65 Å². The first-order valence-electron chi connectivity index (χ1n) is 12.8. The minimum Gasteiger partial charge on any atom is -0.486 e. The van der Waals surface area contributed by atoms with Crippen molar-refractivity contribution in [2.75, 3.05) is 13.2 Å². The highest BCUT2D eigenvalue weighted by atomic mass is 19.1. The summed E-state index contributed by atoms with van der Waals surface area (Å²) in [5, 5.41) is 9.83. The normalized spacial score (nSPS) is 36.0. The molecule has 1 aromatic carbocycles. The molecule has 9 nitrogen and oxygen atoms in total. The van der Waals surface area contributed by atoms with Crippen LogP contribution in [0.15, 0.2) is 30.5 Å². The van der Waals surface area contributed by atoms with Crippen LogP contribution >= 0.6 is 0 Å². The van der Waals surface area contributed by atoms with Gasteiger partial charge in [0, 0.05) is 31.1 Å². The van der Waals surface area contributed by atoms with Crippen LogP contribution in [0.1, 0.15) is 32.1 Å². The Morgan fingerprint density at radius 3 is 2.65 bits per heavy atom. The number of hydrogen-bond donors (Lipinski definition) is 2. The van der Waals surface area contributed by atoms with E-state index in [4.69, 9.17) is 4.74 Å². The number of amides is 2. The zero-order chi connectivity index (χ0) is 24.8. The Hall–Kier alpha value is -3.82. The lowest BCUT2D eigenvalue weighted by Gasteiger charge is -3.08. The van der Waals surface area contributed by atoms with Crippen LogP contribution in [-0.4, -0.2) is 45.3 Å². The maximum atomic E-state index is 14.4. The average molecular weight is 500 g/mol. The van der Waals surface area contributed by atoms with E-state index in [0.29, 0.717) is 24.1 Å². The summed E-state index contributed by atoms with van der Waals surface area (Å²) >= 11 is 0. The first-order chi connectivity index (χ1) is 18.0. The highest BCUT2D eigenvalue weighted by molar-refractivity contribution is 5.98. The number of rotatable bonds is 6. The smallest absolute Gasteiger partial charge is 0.270 e. The maximum absolute atomic E-state index is 14.4. The summed E-state index contributed by atoms with van der Waals surface area (Å²) < 4.78 is 21.0. The van der Waals surface area contributed by atoms with Crippen molar-refractivity contribution < 1.29 is 23.5 Å². The molecule has 0 bridgehead atoms. The van der Waals surface area contributed by atoms with Crippen LogP contribution < -0.4 is 15.4 Å². The molecule has 1 aliphatic heterocycles. The molecule has 0 unspecified atom stereocenters. The second-order valence-electron chi connectivity index (χ2n) is 11.6. The van der Waals surface area contributed by atoms with Gasteiger partial charge in [-0.3, -0.25) is 14.4 Å². The summed E-state index contributed by atoms with van der Waals surface area (Å²) in [4.78, 5) is 42.0. The summed E-state index contributed by atoms with van der Waals surface area (Å²) in [7, 11) is 0. The maximum Gasteiger partial charge on any atom is 0.270 e. The average Bonchev–Trinajstić information content (AvgIpc) is 3.30. The van der Waals surface area contributed by atoms with Crippen molar-refractivity contribution in [3.8, 4) is 5.75 Å². The van der Waals surface area contributed by atoms with Crippen molar-refractivity contribution in [3.05, 3.63) is 58.8 Å². The molecule has 10 rings (SSSR count). The summed E-state index contributed by atoms with van der Waals surface area (Å²) in [5.74, 6) is 5.20. The number of carbonyl (C=O) groups is 3. The first-order valence-corrected chi connectivity index (χ1v) is 12.8. The van der Waals surface area contributed by atoms with Crippen molar-refractivity contribution in [3.63, 3.8) is 0 Å². The van der Waals surface area contributed by atoms with Crippen molar-refractivity contribution in [1.29, 1.82) is 0 Å². The van der Waals surface area contributed by atoms with E-state index in [1.165, 1.54) is 6.07 Å². The van der Waals surface area contributed by atoms with E-state index >= 15 is 0 Å². The van der Waals surface area contributed by atoms with Crippen LogP contribution in [0.3, 0.4) is 0 Å². The number of hydrogen-bond acceptors (Lipinski definition) is 6. The van der Waals surface area contributed by atoms with Gasteiger partial charge in [-0.15, -0.1) is 0 Å². The van der Waals surface area contributed by atoms with Gasteiger partial charge in [0.2, 0.25) is 0 Å². The van der Waals surface area contributed by atoms with Crippen LogP contribution in [-0.2, 0) is 17.8 Å². The summed E-state index contributed by atoms with van der Waals surface area (Å²) in [6.07, 6.45) is 1.29. The van der Waals surface area contributed by atoms with Gasteiger partial charge in [0.1, 0.15) is 23.7 Å². The molecule has 6 saturated carbocycles. The van der Waals surface area contributed by atoms with Crippen LogP contribution in [0, 0.1) is 52.7 Å². The van der Waals surface area contributed by atoms with Crippen molar-refractivity contribution in [2.45, 2.75) is 13.0 Å². The van der Waals surface area contributed by atoms with E-state index in [2.05, 4.69) is 20.7 Å². The number of benzene rings is 1. The standard InChI is InChI=1S/C27H22FN5O4/c28-13-7-31-33-15(26(36)30-9-27-21-18-17-19(21)23(27)20(17)22(18)27)5-14(32-24(13)33)25(35)29-6-10-1-2-16-11(3-10)4-12(34)8-37-16/h1-3,5,7,17-23H,4,6,8-9H2,(H,29,35)(H,30,36). The molecule has 0 spiro atoms. The largest absolute Gasteiger partial charge is 0.486 e. The SMILES string of the molecule is O=C1COc2ccc(CNC(=O)c3cc(C(=O)NCC45C6C7C8C6C4C8C75)n4ncc(F)c4n3)cc2C1. The quantitative estimate of drug-likeness (QED) is 0.530. The van der Waals surface area contributed by atoms with E-state index in [-0.39, 0.29) is 41.9 Å². The highest BCUT2D eigenvalue weighted by Crippen LogP contribution is 3.05. The number of nitrogens with one attached hydrogen (secondary N) is 2. The van der Waals surface area contributed by atoms with Gasteiger partial charge in [-0.1, -0.05) is 6.07 Å². The number of fused-ring (bicyclic) bond motifs is 2. The zero-order valence-electron chi connectivity index (χ0n) is 19.6. The number of ketones is 1.